The second kappa shape index (κ2) is 6.35. The van der Waals surface area contributed by atoms with E-state index < -0.39 is 14.6 Å². The average Bonchev–Trinajstić information content (AvgIpc) is 2.26. The van der Waals surface area contributed by atoms with Gasteiger partial charge in [0.05, 0.1) is 0 Å². The second-order valence-corrected chi connectivity index (χ2v) is 5.78. The van der Waals surface area contributed by atoms with E-state index in [4.69, 9.17) is 14.5 Å². The molecule has 0 spiro atoms. The van der Waals surface area contributed by atoms with Crippen LogP contribution in [0.1, 0.15) is 37.8 Å². The molecule has 1 aromatic carbocycles. The third kappa shape index (κ3) is 4.80. The molecule has 0 saturated heterocycles. The Balaban J connectivity index is 3.01. The van der Waals surface area contributed by atoms with Gasteiger partial charge in [0.2, 0.25) is 0 Å². The molecule has 0 amide bonds. The van der Waals surface area contributed by atoms with Crippen LogP contribution in [-0.2, 0) is 9.09 Å². The van der Waals surface area contributed by atoms with Crippen molar-refractivity contribution in [1.29, 1.82) is 0 Å². The quantitative estimate of drug-likeness (QED) is 0.620. The molecule has 19 heavy (non-hydrogen) atoms. The standard InChI is InChI=1S/C13H19O5P/c1-9(2)11-6-5-7-12(10(3)4)13(11)17-8-18-19(14,15)16/h5-7,10H,1,8H2,2-4H3,(H2,14,15,16). The molecule has 106 valence electrons. The molecule has 0 aliphatic carbocycles. The largest absolute Gasteiger partial charge is 0.472 e. The molecule has 2 N–H and O–H groups in total. The molecule has 0 unspecified atom stereocenters. The molecule has 0 fully saturated rings. The normalized spacial score (nSPS) is 11.7. The van der Waals surface area contributed by atoms with Crippen molar-refractivity contribution in [2.75, 3.05) is 6.79 Å². The zero-order valence-corrected chi connectivity index (χ0v) is 12.2. The van der Waals surface area contributed by atoms with Gasteiger partial charge in [0.1, 0.15) is 5.75 Å². The second-order valence-electron chi connectivity index (χ2n) is 4.54. The van der Waals surface area contributed by atoms with Crippen molar-refractivity contribution >= 4 is 13.4 Å². The summed E-state index contributed by atoms with van der Waals surface area (Å²) in [6.07, 6.45) is 0. The van der Waals surface area contributed by atoms with Crippen molar-refractivity contribution in [3.05, 3.63) is 35.9 Å². The van der Waals surface area contributed by atoms with Crippen LogP contribution >= 0.6 is 7.82 Å². The number of benzene rings is 1. The molecule has 1 rings (SSSR count). The molecular formula is C13H19O5P. The number of para-hydroxylation sites is 1. The first-order valence-electron chi connectivity index (χ1n) is 5.84. The highest BCUT2D eigenvalue weighted by Crippen LogP contribution is 2.37. The van der Waals surface area contributed by atoms with Crippen LogP contribution in [0, 0.1) is 0 Å². The third-order valence-corrected chi connectivity index (χ3v) is 2.99. The number of hydrogen-bond donors (Lipinski definition) is 2. The van der Waals surface area contributed by atoms with Gasteiger partial charge in [-0.15, -0.1) is 0 Å². The smallest absolute Gasteiger partial charge is 0.466 e. The van der Waals surface area contributed by atoms with E-state index in [1.165, 1.54) is 0 Å². The molecule has 5 nitrogen and oxygen atoms in total. The lowest BCUT2D eigenvalue weighted by Crippen LogP contribution is -2.06. The summed E-state index contributed by atoms with van der Waals surface area (Å²) in [7, 11) is -4.53. The number of phosphoric acid groups is 1. The van der Waals surface area contributed by atoms with Crippen LogP contribution in [0.2, 0.25) is 0 Å². The molecule has 0 aromatic heterocycles. The van der Waals surface area contributed by atoms with Crippen LogP contribution in [0.4, 0.5) is 0 Å². The van der Waals surface area contributed by atoms with Crippen LogP contribution in [0.3, 0.4) is 0 Å². The Kier molecular flexibility index (Phi) is 5.32. The first-order chi connectivity index (χ1) is 8.72. The van der Waals surface area contributed by atoms with Gasteiger partial charge in [0, 0.05) is 5.56 Å². The topological polar surface area (TPSA) is 76.0 Å². The Bertz CT molecular complexity index is 504. The number of rotatable bonds is 6. The zero-order chi connectivity index (χ0) is 14.6. The van der Waals surface area contributed by atoms with E-state index in [-0.39, 0.29) is 5.92 Å². The Morgan fingerprint density at radius 3 is 2.53 bits per heavy atom. The molecular weight excluding hydrogens is 267 g/mol. The summed E-state index contributed by atoms with van der Waals surface area (Å²) in [5, 5.41) is 0. The van der Waals surface area contributed by atoms with Gasteiger partial charge in [0.15, 0.2) is 6.79 Å². The van der Waals surface area contributed by atoms with E-state index in [1.807, 2.05) is 39.0 Å². The SMILES string of the molecule is C=C(C)c1cccc(C(C)C)c1OCOP(=O)(O)O. The van der Waals surface area contributed by atoms with E-state index in [2.05, 4.69) is 11.1 Å². The summed E-state index contributed by atoms with van der Waals surface area (Å²) in [5.74, 6) is 0.766. The van der Waals surface area contributed by atoms with Crippen molar-refractivity contribution in [3.8, 4) is 5.75 Å². The molecule has 0 aliphatic heterocycles. The van der Waals surface area contributed by atoms with Crippen molar-refractivity contribution in [3.63, 3.8) is 0 Å². The minimum atomic E-state index is -4.53. The minimum Gasteiger partial charge on any atom is -0.466 e. The van der Waals surface area contributed by atoms with Crippen LogP contribution in [0.15, 0.2) is 24.8 Å². The van der Waals surface area contributed by atoms with E-state index in [0.717, 1.165) is 16.7 Å². The Morgan fingerprint density at radius 2 is 2.05 bits per heavy atom. The number of allylic oxidation sites excluding steroid dienone is 1. The third-order valence-electron chi connectivity index (χ3n) is 2.55. The maximum Gasteiger partial charge on any atom is 0.472 e. The van der Waals surface area contributed by atoms with E-state index in [0.29, 0.717) is 5.75 Å². The minimum absolute atomic E-state index is 0.212. The highest BCUT2D eigenvalue weighted by atomic mass is 31.2. The average molecular weight is 286 g/mol. The van der Waals surface area contributed by atoms with Crippen LogP contribution in [0.5, 0.6) is 5.75 Å². The molecule has 0 aliphatic rings. The molecule has 0 radical (unpaired) electrons. The lowest BCUT2D eigenvalue weighted by molar-refractivity contribution is 0.0818. The molecule has 0 bridgehead atoms. The van der Waals surface area contributed by atoms with E-state index >= 15 is 0 Å². The summed E-state index contributed by atoms with van der Waals surface area (Å²) in [4.78, 5) is 17.3. The summed E-state index contributed by atoms with van der Waals surface area (Å²) in [6.45, 7) is 9.22. The maximum atomic E-state index is 10.6. The van der Waals surface area contributed by atoms with Crippen LogP contribution in [-0.4, -0.2) is 16.6 Å². The first kappa shape index (κ1) is 15.9. The first-order valence-corrected chi connectivity index (χ1v) is 7.37. The number of ether oxygens (including phenoxy) is 1. The fourth-order valence-corrected chi connectivity index (χ4v) is 1.85. The van der Waals surface area contributed by atoms with Gasteiger partial charge in [0.25, 0.3) is 0 Å². The lowest BCUT2D eigenvalue weighted by atomic mass is 9.96. The van der Waals surface area contributed by atoms with Crippen LogP contribution in [0.25, 0.3) is 5.57 Å². The zero-order valence-electron chi connectivity index (χ0n) is 11.3. The summed E-state index contributed by atoms with van der Waals surface area (Å²) in [6, 6.07) is 5.65. The van der Waals surface area contributed by atoms with Gasteiger partial charge in [-0.05, 0) is 24.0 Å². The fourth-order valence-electron chi connectivity index (χ4n) is 1.66. The van der Waals surface area contributed by atoms with E-state index in [9.17, 15) is 4.57 Å². The highest BCUT2D eigenvalue weighted by molar-refractivity contribution is 7.46. The monoisotopic (exact) mass is 286 g/mol. The molecule has 1 aromatic rings. The molecule has 0 heterocycles. The summed E-state index contributed by atoms with van der Waals surface area (Å²) >= 11 is 0. The summed E-state index contributed by atoms with van der Waals surface area (Å²) < 4.78 is 20.3. The fraction of sp³-hybridized carbons (Fsp3) is 0.385. The predicted molar refractivity (Wildman–Crippen MR) is 73.9 cm³/mol. The van der Waals surface area contributed by atoms with Crippen molar-refractivity contribution in [2.45, 2.75) is 26.7 Å². The molecule has 6 heteroatoms. The van der Waals surface area contributed by atoms with Gasteiger partial charge in [-0.1, -0.05) is 38.6 Å². The molecule has 0 atom stereocenters. The Hall–Kier alpha value is -1.13. The van der Waals surface area contributed by atoms with Crippen molar-refractivity contribution < 1.29 is 23.6 Å². The van der Waals surface area contributed by atoms with Crippen molar-refractivity contribution in [2.24, 2.45) is 0 Å². The van der Waals surface area contributed by atoms with Gasteiger partial charge >= 0.3 is 7.82 Å². The van der Waals surface area contributed by atoms with Crippen molar-refractivity contribution in [1.82, 2.24) is 0 Å². The lowest BCUT2D eigenvalue weighted by Gasteiger charge is -2.18. The van der Waals surface area contributed by atoms with Gasteiger partial charge < -0.3 is 14.5 Å². The van der Waals surface area contributed by atoms with E-state index in [1.54, 1.807) is 0 Å². The number of phosphoric ester groups is 1. The van der Waals surface area contributed by atoms with Gasteiger partial charge in [-0.3, -0.25) is 0 Å². The predicted octanol–water partition coefficient (Wildman–Crippen LogP) is 3.29. The summed E-state index contributed by atoms with van der Waals surface area (Å²) in [5.41, 5.74) is 2.56. The Morgan fingerprint density at radius 1 is 1.42 bits per heavy atom. The van der Waals surface area contributed by atoms with Crippen LogP contribution < -0.4 is 4.74 Å². The maximum absolute atomic E-state index is 10.6. The number of hydrogen-bond acceptors (Lipinski definition) is 3. The Labute approximate surface area is 113 Å². The molecule has 0 saturated carbocycles. The van der Waals surface area contributed by atoms with Gasteiger partial charge in [-0.25, -0.2) is 9.09 Å². The highest BCUT2D eigenvalue weighted by Gasteiger charge is 2.17. The van der Waals surface area contributed by atoms with Gasteiger partial charge in [-0.2, -0.15) is 0 Å².